The molecule has 1 unspecified atom stereocenters. The summed E-state index contributed by atoms with van der Waals surface area (Å²) >= 11 is 0. The number of carbonyl (C=O) groups excluding carboxylic acids is 2. The second kappa shape index (κ2) is 10.2. The lowest BCUT2D eigenvalue weighted by atomic mass is 10.1. The Morgan fingerprint density at radius 2 is 1.93 bits per heavy atom. The molecule has 2 aromatic rings. The van der Waals surface area contributed by atoms with Crippen LogP contribution in [0.1, 0.15) is 18.2 Å². The van der Waals surface area contributed by atoms with Crippen molar-refractivity contribution in [2.24, 2.45) is 0 Å². The van der Waals surface area contributed by atoms with Gasteiger partial charge in [-0.3, -0.25) is 19.5 Å². The number of aromatic nitrogens is 1. The van der Waals surface area contributed by atoms with Crippen LogP contribution in [-0.2, 0) is 22.6 Å². The van der Waals surface area contributed by atoms with Crippen LogP contribution < -0.4 is 4.74 Å². The Kier molecular flexibility index (Phi) is 7.41. The van der Waals surface area contributed by atoms with Gasteiger partial charge < -0.3 is 14.5 Å². The Balaban J connectivity index is 1.75. The molecular formula is C23H30N4O3. The highest BCUT2D eigenvalue weighted by Gasteiger charge is 2.34. The topological polar surface area (TPSA) is 66.0 Å². The van der Waals surface area contributed by atoms with Gasteiger partial charge in [-0.2, -0.15) is 0 Å². The van der Waals surface area contributed by atoms with Crippen molar-refractivity contribution in [2.45, 2.75) is 25.9 Å². The van der Waals surface area contributed by atoms with E-state index in [-0.39, 0.29) is 17.9 Å². The van der Waals surface area contributed by atoms with Crippen LogP contribution in [0.2, 0.25) is 0 Å². The van der Waals surface area contributed by atoms with Gasteiger partial charge in [0.25, 0.3) is 0 Å². The van der Waals surface area contributed by atoms with Gasteiger partial charge in [-0.25, -0.2) is 0 Å². The standard InChI is InChI=1S/C23H30N4O3/c1-18(28)26-15-14-25(2)22(17-26)23(29)27(16-20-6-4-5-12-24-20)13-11-19-7-9-21(30-3)10-8-19/h4-10,12,22H,11,13-17H2,1-3H3. The average molecular weight is 411 g/mol. The Morgan fingerprint density at radius 3 is 2.57 bits per heavy atom. The van der Waals surface area contributed by atoms with E-state index in [2.05, 4.69) is 4.98 Å². The van der Waals surface area contributed by atoms with Crippen LogP contribution in [0, 0.1) is 0 Å². The summed E-state index contributed by atoms with van der Waals surface area (Å²) in [6.07, 6.45) is 2.47. The smallest absolute Gasteiger partial charge is 0.242 e. The van der Waals surface area contributed by atoms with Gasteiger partial charge in [0.2, 0.25) is 11.8 Å². The minimum Gasteiger partial charge on any atom is -0.497 e. The Bertz CT molecular complexity index is 841. The number of methoxy groups -OCH3 is 1. The van der Waals surface area contributed by atoms with Crippen molar-refractivity contribution in [2.75, 3.05) is 40.3 Å². The Morgan fingerprint density at radius 1 is 1.17 bits per heavy atom. The number of benzene rings is 1. The molecule has 0 bridgehead atoms. The van der Waals surface area contributed by atoms with E-state index in [0.717, 1.165) is 23.4 Å². The van der Waals surface area contributed by atoms with E-state index >= 15 is 0 Å². The molecule has 0 radical (unpaired) electrons. The first-order valence-electron chi connectivity index (χ1n) is 10.3. The molecule has 30 heavy (non-hydrogen) atoms. The molecule has 0 spiro atoms. The van der Waals surface area contributed by atoms with Crippen molar-refractivity contribution in [1.82, 2.24) is 19.7 Å². The number of hydrogen-bond acceptors (Lipinski definition) is 5. The van der Waals surface area contributed by atoms with Crippen molar-refractivity contribution in [3.63, 3.8) is 0 Å². The maximum Gasteiger partial charge on any atom is 0.242 e. The molecule has 160 valence electrons. The monoisotopic (exact) mass is 410 g/mol. The normalized spacial score (nSPS) is 16.9. The molecule has 0 N–H and O–H groups in total. The fraction of sp³-hybridized carbons (Fsp3) is 0.435. The number of ether oxygens (including phenoxy) is 1. The lowest BCUT2D eigenvalue weighted by Gasteiger charge is -2.40. The summed E-state index contributed by atoms with van der Waals surface area (Å²) in [6.45, 7) is 4.34. The van der Waals surface area contributed by atoms with E-state index in [1.54, 1.807) is 25.1 Å². The summed E-state index contributed by atoms with van der Waals surface area (Å²) in [6, 6.07) is 13.3. The predicted octanol–water partition coefficient (Wildman–Crippen LogP) is 1.82. The number of piperazine rings is 1. The minimum atomic E-state index is -0.345. The van der Waals surface area contributed by atoms with Gasteiger partial charge in [-0.15, -0.1) is 0 Å². The second-order valence-corrected chi connectivity index (χ2v) is 7.64. The summed E-state index contributed by atoms with van der Waals surface area (Å²) in [7, 11) is 3.59. The van der Waals surface area contributed by atoms with Crippen molar-refractivity contribution >= 4 is 11.8 Å². The minimum absolute atomic E-state index is 0.00964. The first kappa shape index (κ1) is 21.8. The lowest BCUT2D eigenvalue weighted by molar-refractivity contribution is -0.142. The van der Waals surface area contributed by atoms with Crippen LogP contribution in [0.15, 0.2) is 48.7 Å². The molecule has 7 nitrogen and oxygen atoms in total. The van der Waals surface area contributed by atoms with E-state index in [1.165, 1.54) is 0 Å². The molecule has 1 aromatic heterocycles. The zero-order valence-electron chi connectivity index (χ0n) is 18.0. The fourth-order valence-electron chi connectivity index (χ4n) is 3.65. The predicted molar refractivity (Wildman–Crippen MR) is 115 cm³/mol. The highest BCUT2D eigenvalue weighted by molar-refractivity contribution is 5.83. The second-order valence-electron chi connectivity index (χ2n) is 7.64. The highest BCUT2D eigenvalue weighted by Crippen LogP contribution is 2.16. The summed E-state index contributed by atoms with van der Waals surface area (Å²) in [5.41, 5.74) is 1.99. The van der Waals surface area contributed by atoms with Gasteiger partial charge in [0.05, 0.1) is 19.3 Å². The van der Waals surface area contributed by atoms with Crippen LogP contribution >= 0.6 is 0 Å². The van der Waals surface area contributed by atoms with Gasteiger partial charge in [0.1, 0.15) is 11.8 Å². The largest absolute Gasteiger partial charge is 0.497 e. The number of amides is 2. The molecule has 2 heterocycles. The van der Waals surface area contributed by atoms with E-state index in [0.29, 0.717) is 32.7 Å². The first-order valence-corrected chi connectivity index (χ1v) is 10.3. The molecule has 7 heteroatoms. The third-order valence-corrected chi connectivity index (χ3v) is 5.60. The molecule has 1 saturated heterocycles. The van der Waals surface area contributed by atoms with E-state index < -0.39 is 0 Å². The molecule has 0 saturated carbocycles. The zero-order valence-corrected chi connectivity index (χ0v) is 18.0. The molecular weight excluding hydrogens is 380 g/mol. The average Bonchev–Trinajstić information content (AvgIpc) is 2.77. The van der Waals surface area contributed by atoms with Crippen molar-refractivity contribution in [3.05, 3.63) is 59.9 Å². The molecule has 3 rings (SSSR count). The maximum absolute atomic E-state index is 13.5. The van der Waals surface area contributed by atoms with Gasteiger partial charge >= 0.3 is 0 Å². The number of carbonyl (C=O) groups is 2. The number of hydrogen-bond donors (Lipinski definition) is 0. The van der Waals surface area contributed by atoms with Crippen LogP contribution in [-0.4, -0.2) is 77.9 Å². The third kappa shape index (κ3) is 5.57. The number of pyridine rings is 1. The summed E-state index contributed by atoms with van der Waals surface area (Å²) in [5.74, 6) is 0.853. The van der Waals surface area contributed by atoms with Gasteiger partial charge in [-0.1, -0.05) is 18.2 Å². The van der Waals surface area contributed by atoms with Gasteiger partial charge in [-0.05, 0) is 43.3 Å². The van der Waals surface area contributed by atoms with Crippen molar-refractivity contribution in [1.29, 1.82) is 0 Å². The summed E-state index contributed by atoms with van der Waals surface area (Å²) in [5, 5.41) is 0. The molecule has 1 atom stereocenters. The lowest BCUT2D eigenvalue weighted by Crippen LogP contribution is -2.59. The van der Waals surface area contributed by atoms with Crippen LogP contribution in [0.25, 0.3) is 0 Å². The maximum atomic E-state index is 13.5. The van der Waals surface area contributed by atoms with Crippen molar-refractivity contribution in [3.8, 4) is 5.75 Å². The Labute approximate surface area is 178 Å². The number of rotatable bonds is 7. The van der Waals surface area contributed by atoms with Crippen LogP contribution in [0.5, 0.6) is 5.75 Å². The Hall–Kier alpha value is -2.93. The summed E-state index contributed by atoms with van der Waals surface area (Å²) < 4.78 is 5.22. The number of likely N-dealkylation sites (N-methyl/N-ethyl adjacent to an activating group) is 1. The van der Waals surface area contributed by atoms with Crippen molar-refractivity contribution < 1.29 is 14.3 Å². The van der Waals surface area contributed by atoms with E-state index in [1.807, 2.05) is 59.3 Å². The van der Waals surface area contributed by atoms with Gasteiger partial charge in [0.15, 0.2) is 0 Å². The fourth-order valence-corrected chi connectivity index (χ4v) is 3.65. The molecule has 0 aliphatic carbocycles. The quantitative estimate of drug-likeness (QED) is 0.697. The van der Waals surface area contributed by atoms with Gasteiger partial charge in [0, 0.05) is 39.3 Å². The molecule has 1 aliphatic heterocycles. The molecule has 2 amide bonds. The molecule has 1 aliphatic rings. The molecule has 1 aromatic carbocycles. The van der Waals surface area contributed by atoms with E-state index in [9.17, 15) is 9.59 Å². The van der Waals surface area contributed by atoms with E-state index in [4.69, 9.17) is 4.74 Å². The SMILES string of the molecule is COc1ccc(CCN(Cc2ccccn2)C(=O)C2CN(C(C)=O)CCN2C)cc1. The van der Waals surface area contributed by atoms with Crippen LogP contribution in [0.4, 0.5) is 0 Å². The van der Waals surface area contributed by atoms with Crippen LogP contribution in [0.3, 0.4) is 0 Å². The third-order valence-electron chi connectivity index (χ3n) is 5.60. The number of nitrogens with zero attached hydrogens (tertiary/aromatic N) is 4. The summed E-state index contributed by atoms with van der Waals surface area (Å²) in [4.78, 5) is 35.4. The highest BCUT2D eigenvalue weighted by atomic mass is 16.5. The first-order chi connectivity index (χ1) is 14.5. The molecule has 1 fully saturated rings. The zero-order chi connectivity index (χ0) is 21.5.